The topological polar surface area (TPSA) is 101 Å². The minimum atomic E-state index is -4.46. The number of rotatable bonds is 10. The van der Waals surface area contributed by atoms with Crippen LogP contribution in [-0.2, 0) is 16.1 Å². The lowest BCUT2D eigenvalue weighted by molar-refractivity contribution is -0.142. The lowest BCUT2D eigenvalue weighted by Gasteiger charge is -2.36. The minimum absolute atomic E-state index is 0.132. The second-order valence-corrected chi connectivity index (χ2v) is 12.2. The van der Waals surface area contributed by atoms with Gasteiger partial charge in [-0.05, 0) is 76.1 Å². The third-order valence-corrected chi connectivity index (χ3v) is 8.07. The molecule has 2 aromatic carbocycles. The van der Waals surface area contributed by atoms with Gasteiger partial charge in [-0.1, -0.05) is 19.1 Å². The van der Waals surface area contributed by atoms with E-state index < -0.39 is 36.9 Å². The molecule has 1 aliphatic rings. The molecule has 0 saturated heterocycles. The molecule has 0 spiro atoms. The van der Waals surface area contributed by atoms with Gasteiger partial charge in [-0.25, -0.2) is 0 Å². The number of nitrogens with zero attached hydrogens (tertiary/aromatic N) is 2. The molecule has 4 atom stereocenters. The molecule has 2 amide bonds. The number of fused-ring (bicyclic) bond motifs is 1. The first kappa shape index (κ1) is 37.1. The van der Waals surface area contributed by atoms with Gasteiger partial charge in [0.2, 0.25) is 5.91 Å². The highest BCUT2D eigenvalue weighted by Crippen LogP contribution is 2.29. The average Bonchev–Trinajstić information content (AvgIpc) is 3.01. The molecule has 0 saturated carbocycles. The second-order valence-electron chi connectivity index (χ2n) is 12.2. The first-order valence-corrected chi connectivity index (χ1v) is 15.8. The number of aliphatic hydroxyl groups excluding tert-OH is 1. The van der Waals surface area contributed by atoms with Crippen LogP contribution in [0.4, 0.5) is 18.9 Å². The number of ether oxygens (including phenoxy) is 3. The Morgan fingerprint density at radius 3 is 2.54 bits per heavy atom. The molecule has 0 fully saturated rings. The lowest BCUT2D eigenvalue weighted by atomic mass is 10.0. The van der Waals surface area contributed by atoms with Crippen molar-refractivity contribution in [2.75, 3.05) is 45.8 Å². The van der Waals surface area contributed by atoms with E-state index in [1.165, 1.54) is 12.1 Å². The summed E-state index contributed by atoms with van der Waals surface area (Å²) in [5.74, 6) is -0.280. The quantitative estimate of drug-likeness (QED) is 0.330. The zero-order valence-corrected chi connectivity index (χ0v) is 27.4. The number of likely N-dealkylation sites (N-methyl/N-ethyl adjacent to an activating group) is 1. The molecular formula is C34H48F3N3O6. The van der Waals surface area contributed by atoms with Crippen molar-refractivity contribution in [2.24, 2.45) is 5.92 Å². The highest BCUT2D eigenvalue weighted by atomic mass is 19.4. The lowest BCUT2D eigenvalue weighted by Crippen LogP contribution is -2.47. The van der Waals surface area contributed by atoms with Crippen molar-refractivity contribution in [3.63, 3.8) is 0 Å². The van der Waals surface area contributed by atoms with Gasteiger partial charge >= 0.3 is 6.18 Å². The summed E-state index contributed by atoms with van der Waals surface area (Å²) in [4.78, 5) is 30.2. The van der Waals surface area contributed by atoms with Crippen molar-refractivity contribution in [3.05, 3.63) is 53.6 Å². The largest absolute Gasteiger partial charge is 0.497 e. The number of carbonyl (C=O) groups excluding carboxylic acids is 2. The third kappa shape index (κ3) is 11.8. The van der Waals surface area contributed by atoms with Crippen molar-refractivity contribution in [1.29, 1.82) is 0 Å². The van der Waals surface area contributed by atoms with Gasteiger partial charge < -0.3 is 29.5 Å². The number of anilines is 1. The zero-order valence-electron chi connectivity index (χ0n) is 27.4. The molecular weight excluding hydrogens is 603 g/mol. The van der Waals surface area contributed by atoms with Gasteiger partial charge in [0.05, 0.1) is 44.0 Å². The maximum absolute atomic E-state index is 14.2. The van der Waals surface area contributed by atoms with Gasteiger partial charge in [0, 0.05) is 44.3 Å². The number of nitrogens with one attached hydrogen (secondary N) is 1. The summed E-state index contributed by atoms with van der Waals surface area (Å²) < 4.78 is 55.8. The molecule has 0 aliphatic carbocycles. The fourth-order valence-corrected chi connectivity index (χ4v) is 5.36. The van der Waals surface area contributed by atoms with Crippen LogP contribution in [0.5, 0.6) is 11.5 Å². The average molecular weight is 652 g/mol. The van der Waals surface area contributed by atoms with Crippen molar-refractivity contribution in [1.82, 2.24) is 9.80 Å². The highest BCUT2D eigenvalue weighted by molar-refractivity contribution is 5.99. The molecule has 0 bridgehead atoms. The Morgan fingerprint density at radius 1 is 1.17 bits per heavy atom. The molecule has 256 valence electrons. The number of alkyl halides is 3. The number of halogens is 3. The van der Waals surface area contributed by atoms with E-state index in [4.69, 9.17) is 14.2 Å². The van der Waals surface area contributed by atoms with Crippen molar-refractivity contribution in [2.45, 2.75) is 83.8 Å². The summed E-state index contributed by atoms with van der Waals surface area (Å²) >= 11 is 0. The number of hydrogen-bond acceptors (Lipinski definition) is 7. The number of benzene rings is 2. The van der Waals surface area contributed by atoms with Crippen LogP contribution >= 0.6 is 0 Å². The van der Waals surface area contributed by atoms with Crippen molar-refractivity contribution >= 4 is 17.5 Å². The SMILES string of the molecule is COc1ccc(CN(C)C[C@@H]2OCCCC[C@H](C)Oc3ccc(NC(=O)CCC(F)(F)F)cc3C(=O)N([C@@H](C)CO)C[C@H]2C)cc1. The summed E-state index contributed by atoms with van der Waals surface area (Å²) in [6.45, 7) is 7.47. The summed E-state index contributed by atoms with van der Waals surface area (Å²) in [6.07, 6.45) is -4.53. The normalized spacial score (nSPS) is 20.8. The van der Waals surface area contributed by atoms with E-state index in [1.807, 2.05) is 45.2 Å². The van der Waals surface area contributed by atoms with Crippen LogP contribution in [0.1, 0.15) is 68.8 Å². The molecule has 9 nitrogen and oxygen atoms in total. The maximum atomic E-state index is 14.2. The van der Waals surface area contributed by atoms with E-state index >= 15 is 0 Å². The number of hydrogen-bond donors (Lipinski definition) is 2. The molecule has 2 aromatic rings. The first-order chi connectivity index (χ1) is 21.8. The molecule has 46 heavy (non-hydrogen) atoms. The summed E-state index contributed by atoms with van der Waals surface area (Å²) in [5.41, 5.74) is 1.45. The van der Waals surface area contributed by atoms with Gasteiger partial charge in [-0.3, -0.25) is 14.5 Å². The molecule has 0 aromatic heterocycles. The number of amides is 2. The van der Waals surface area contributed by atoms with Crippen LogP contribution in [0.15, 0.2) is 42.5 Å². The monoisotopic (exact) mass is 651 g/mol. The smallest absolute Gasteiger partial charge is 0.389 e. The Bertz CT molecular complexity index is 1260. The Balaban J connectivity index is 1.87. The summed E-state index contributed by atoms with van der Waals surface area (Å²) in [7, 11) is 3.65. The Morgan fingerprint density at radius 2 is 1.89 bits per heavy atom. The fourth-order valence-electron chi connectivity index (χ4n) is 5.36. The molecule has 1 aliphatic heterocycles. The highest BCUT2D eigenvalue weighted by Gasteiger charge is 2.31. The van der Waals surface area contributed by atoms with Crippen molar-refractivity contribution < 1.29 is 42.1 Å². The standard InChI is InChI=1S/C34H48F3N3O6/c1-23-19-40(24(2)22-41)33(43)29-18-27(38-32(42)15-16-34(35,36)37)11-14-30(29)46-25(3)8-6-7-17-45-31(23)21-39(4)20-26-9-12-28(44-5)13-10-26/h9-14,18,23-25,31,41H,6-8,15-17,19-22H2,1-5H3,(H,38,42)/t23-,24+,25+,31+/m1/s1. The van der Waals surface area contributed by atoms with Gasteiger partial charge in [0.15, 0.2) is 0 Å². The first-order valence-electron chi connectivity index (χ1n) is 15.8. The number of methoxy groups -OCH3 is 1. The predicted octanol–water partition coefficient (Wildman–Crippen LogP) is 5.90. The van der Waals surface area contributed by atoms with E-state index in [-0.39, 0.29) is 42.5 Å². The third-order valence-electron chi connectivity index (χ3n) is 8.07. The minimum Gasteiger partial charge on any atom is -0.497 e. The fraction of sp³-hybridized carbons (Fsp3) is 0.588. The number of aliphatic hydroxyl groups is 1. The Labute approximate surface area is 270 Å². The summed E-state index contributed by atoms with van der Waals surface area (Å²) in [5, 5.41) is 12.6. The van der Waals surface area contributed by atoms with Crippen molar-refractivity contribution in [3.8, 4) is 11.5 Å². The molecule has 0 unspecified atom stereocenters. The van der Waals surface area contributed by atoms with Crippen LogP contribution in [0, 0.1) is 5.92 Å². The van der Waals surface area contributed by atoms with E-state index in [1.54, 1.807) is 25.0 Å². The Hall–Kier alpha value is -3.35. The van der Waals surface area contributed by atoms with Crippen LogP contribution in [-0.4, -0.2) is 91.6 Å². The zero-order chi connectivity index (χ0) is 33.9. The van der Waals surface area contributed by atoms with E-state index in [2.05, 4.69) is 10.2 Å². The molecule has 0 radical (unpaired) electrons. The predicted molar refractivity (Wildman–Crippen MR) is 170 cm³/mol. The van der Waals surface area contributed by atoms with Gasteiger partial charge in [-0.15, -0.1) is 0 Å². The van der Waals surface area contributed by atoms with E-state index in [0.29, 0.717) is 31.9 Å². The van der Waals surface area contributed by atoms with Gasteiger partial charge in [0.25, 0.3) is 5.91 Å². The van der Waals surface area contributed by atoms with E-state index in [9.17, 15) is 27.9 Å². The van der Waals surface area contributed by atoms with Crippen LogP contribution < -0.4 is 14.8 Å². The van der Waals surface area contributed by atoms with E-state index in [0.717, 1.165) is 24.2 Å². The van der Waals surface area contributed by atoms with Gasteiger partial charge in [-0.2, -0.15) is 13.2 Å². The molecule has 12 heteroatoms. The number of carbonyl (C=O) groups is 2. The second kappa shape index (κ2) is 17.5. The van der Waals surface area contributed by atoms with Crippen LogP contribution in [0.25, 0.3) is 0 Å². The molecule has 2 N–H and O–H groups in total. The summed E-state index contributed by atoms with van der Waals surface area (Å²) in [6, 6.07) is 11.8. The van der Waals surface area contributed by atoms with Gasteiger partial charge in [0.1, 0.15) is 11.5 Å². The van der Waals surface area contributed by atoms with Crippen LogP contribution in [0.2, 0.25) is 0 Å². The molecule has 1 heterocycles. The maximum Gasteiger partial charge on any atom is 0.389 e. The van der Waals surface area contributed by atoms with Crippen LogP contribution in [0.3, 0.4) is 0 Å². The Kier molecular flexibility index (Phi) is 14.1. The molecule has 3 rings (SSSR count).